The van der Waals surface area contributed by atoms with Gasteiger partial charge in [-0.25, -0.2) is 9.37 Å². The molecule has 18 heavy (non-hydrogen) atoms. The van der Waals surface area contributed by atoms with E-state index >= 15 is 0 Å². The summed E-state index contributed by atoms with van der Waals surface area (Å²) in [6, 6.07) is 7.88. The maximum Gasteiger partial charge on any atom is 0.166 e. The Morgan fingerprint density at radius 3 is 2.44 bits per heavy atom. The molecule has 0 fully saturated rings. The number of methoxy groups -OCH3 is 2. The molecule has 2 N–H and O–H groups in total. The summed E-state index contributed by atoms with van der Waals surface area (Å²) in [6.07, 6.45) is 0. The molecule has 0 aliphatic heterocycles. The Kier molecular flexibility index (Phi) is 3.32. The molecule has 2 aromatic rings. The van der Waals surface area contributed by atoms with Crippen LogP contribution in [0.15, 0.2) is 30.3 Å². The van der Waals surface area contributed by atoms with Gasteiger partial charge in [0.25, 0.3) is 0 Å². The van der Waals surface area contributed by atoms with Crippen LogP contribution in [0.4, 0.5) is 10.2 Å². The Morgan fingerprint density at radius 2 is 1.89 bits per heavy atom. The fourth-order valence-electron chi connectivity index (χ4n) is 1.62. The molecule has 0 atom stereocenters. The van der Waals surface area contributed by atoms with Gasteiger partial charge in [0.1, 0.15) is 11.6 Å². The molecule has 1 aromatic carbocycles. The van der Waals surface area contributed by atoms with Crippen molar-refractivity contribution in [2.24, 2.45) is 0 Å². The van der Waals surface area contributed by atoms with E-state index in [1.807, 2.05) is 0 Å². The monoisotopic (exact) mass is 248 g/mol. The summed E-state index contributed by atoms with van der Waals surface area (Å²) in [5.74, 6) is 0.738. The van der Waals surface area contributed by atoms with Crippen LogP contribution >= 0.6 is 0 Å². The maximum atomic E-state index is 13.8. The van der Waals surface area contributed by atoms with E-state index in [-0.39, 0.29) is 5.82 Å². The molecule has 0 amide bonds. The van der Waals surface area contributed by atoms with Gasteiger partial charge in [-0.05, 0) is 24.3 Å². The minimum atomic E-state index is -0.411. The minimum absolute atomic E-state index is 0.227. The molecule has 0 saturated carbocycles. The number of benzene rings is 1. The molecule has 94 valence electrons. The summed E-state index contributed by atoms with van der Waals surface area (Å²) in [7, 11) is 2.99. The first-order chi connectivity index (χ1) is 8.65. The highest BCUT2D eigenvalue weighted by Gasteiger charge is 2.10. The van der Waals surface area contributed by atoms with Crippen LogP contribution in [0.3, 0.4) is 0 Å². The lowest BCUT2D eigenvalue weighted by molar-refractivity contribution is 0.411. The zero-order valence-electron chi connectivity index (χ0n) is 10.1. The van der Waals surface area contributed by atoms with E-state index in [9.17, 15) is 4.39 Å². The highest BCUT2D eigenvalue weighted by molar-refractivity contribution is 5.64. The van der Waals surface area contributed by atoms with E-state index in [1.165, 1.54) is 20.3 Å². The molecule has 2 rings (SSSR count). The number of nitrogen functional groups attached to an aromatic ring is 1. The fraction of sp³-hybridized carbons (Fsp3) is 0.154. The highest BCUT2D eigenvalue weighted by Crippen LogP contribution is 2.28. The summed E-state index contributed by atoms with van der Waals surface area (Å²) < 4.78 is 23.8. The first kappa shape index (κ1) is 12.2. The van der Waals surface area contributed by atoms with E-state index in [2.05, 4.69) is 4.98 Å². The Morgan fingerprint density at radius 1 is 1.11 bits per heavy atom. The van der Waals surface area contributed by atoms with Crippen molar-refractivity contribution >= 4 is 5.82 Å². The molecule has 0 unspecified atom stereocenters. The number of hydrogen-bond acceptors (Lipinski definition) is 4. The molecule has 1 heterocycles. The van der Waals surface area contributed by atoms with Crippen LogP contribution in [0, 0.1) is 5.82 Å². The van der Waals surface area contributed by atoms with Crippen LogP contribution in [0.25, 0.3) is 11.3 Å². The van der Waals surface area contributed by atoms with Crippen LogP contribution in [0.5, 0.6) is 11.5 Å². The highest BCUT2D eigenvalue weighted by atomic mass is 19.1. The summed E-state index contributed by atoms with van der Waals surface area (Å²) in [5, 5.41) is 0. The lowest BCUT2D eigenvalue weighted by Crippen LogP contribution is -1.98. The van der Waals surface area contributed by atoms with Gasteiger partial charge in [0.15, 0.2) is 11.6 Å². The first-order valence-corrected chi connectivity index (χ1v) is 5.30. The molecule has 0 bridgehead atoms. The lowest BCUT2D eigenvalue weighted by atomic mass is 10.1. The first-order valence-electron chi connectivity index (χ1n) is 5.30. The van der Waals surface area contributed by atoms with Crippen molar-refractivity contribution in [1.82, 2.24) is 4.98 Å². The van der Waals surface area contributed by atoms with E-state index in [0.29, 0.717) is 22.8 Å². The van der Waals surface area contributed by atoms with E-state index in [1.54, 1.807) is 24.3 Å². The van der Waals surface area contributed by atoms with Crippen molar-refractivity contribution in [3.05, 3.63) is 36.1 Å². The maximum absolute atomic E-state index is 13.8. The molecular weight excluding hydrogens is 235 g/mol. The molecule has 4 nitrogen and oxygen atoms in total. The van der Waals surface area contributed by atoms with Crippen molar-refractivity contribution < 1.29 is 13.9 Å². The number of anilines is 1. The SMILES string of the molecule is COc1ccc(-c2ccc(OC)c(N)n2)c(F)c1. The van der Waals surface area contributed by atoms with Crippen LogP contribution in [0.2, 0.25) is 0 Å². The smallest absolute Gasteiger partial charge is 0.166 e. The number of halogens is 1. The molecule has 0 aliphatic rings. The number of nitrogens with zero attached hydrogens (tertiary/aromatic N) is 1. The second kappa shape index (κ2) is 4.91. The number of rotatable bonds is 3. The molecule has 0 radical (unpaired) electrons. The van der Waals surface area contributed by atoms with Crippen molar-refractivity contribution in [1.29, 1.82) is 0 Å². The van der Waals surface area contributed by atoms with Gasteiger partial charge in [-0.2, -0.15) is 0 Å². The third-order valence-corrected chi connectivity index (χ3v) is 2.56. The average Bonchev–Trinajstić information content (AvgIpc) is 2.38. The number of hydrogen-bond donors (Lipinski definition) is 1. The number of pyridine rings is 1. The third kappa shape index (κ3) is 2.20. The van der Waals surface area contributed by atoms with Gasteiger partial charge < -0.3 is 15.2 Å². The molecule has 1 aromatic heterocycles. The van der Waals surface area contributed by atoms with Crippen LogP contribution in [0.1, 0.15) is 0 Å². The van der Waals surface area contributed by atoms with Gasteiger partial charge in [-0.1, -0.05) is 0 Å². The largest absolute Gasteiger partial charge is 0.497 e. The van der Waals surface area contributed by atoms with Gasteiger partial charge in [0, 0.05) is 11.6 Å². The van der Waals surface area contributed by atoms with E-state index in [0.717, 1.165) is 0 Å². The topological polar surface area (TPSA) is 57.4 Å². The molecular formula is C13H13FN2O2. The number of nitrogens with two attached hydrogens (primary N) is 1. The second-order valence-electron chi connectivity index (χ2n) is 3.63. The summed E-state index contributed by atoms with van der Waals surface area (Å²) in [6.45, 7) is 0. The molecule has 5 heteroatoms. The van der Waals surface area contributed by atoms with Gasteiger partial charge in [0.2, 0.25) is 0 Å². The van der Waals surface area contributed by atoms with Gasteiger partial charge >= 0.3 is 0 Å². The van der Waals surface area contributed by atoms with Crippen LogP contribution in [-0.4, -0.2) is 19.2 Å². The number of ether oxygens (including phenoxy) is 2. The zero-order valence-corrected chi connectivity index (χ0v) is 10.1. The van der Waals surface area contributed by atoms with Crippen molar-refractivity contribution in [2.45, 2.75) is 0 Å². The summed E-state index contributed by atoms with van der Waals surface area (Å²) in [4.78, 5) is 4.10. The van der Waals surface area contributed by atoms with Crippen LogP contribution in [-0.2, 0) is 0 Å². The second-order valence-corrected chi connectivity index (χ2v) is 3.63. The predicted octanol–water partition coefficient (Wildman–Crippen LogP) is 2.49. The lowest BCUT2D eigenvalue weighted by Gasteiger charge is -2.08. The van der Waals surface area contributed by atoms with Gasteiger partial charge in [-0.15, -0.1) is 0 Å². The fourth-order valence-corrected chi connectivity index (χ4v) is 1.62. The Labute approximate surface area is 104 Å². The van der Waals surface area contributed by atoms with E-state index in [4.69, 9.17) is 15.2 Å². The summed E-state index contributed by atoms with van der Waals surface area (Å²) >= 11 is 0. The number of aromatic nitrogens is 1. The normalized spacial score (nSPS) is 10.2. The third-order valence-electron chi connectivity index (χ3n) is 2.56. The minimum Gasteiger partial charge on any atom is -0.497 e. The van der Waals surface area contributed by atoms with Crippen LogP contribution < -0.4 is 15.2 Å². The van der Waals surface area contributed by atoms with Crippen molar-refractivity contribution in [3.8, 4) is 22.8 Å². The quantitative estimate of drug-likeness (QED) is 0.906. The van der Waals surface area contributed by atoms with Gasteiger partial charge in [-0.3, -0.25) is 0 Å². The average molecular weight is 248 g/mol. The Balaban J connectivity index is 2.45. The molecule has 0 saturated heterocycles. The zero-order chi connectivity index (χ0) is 13.1. The van der Waals surface area contributed by atoms with Crippen molar-refractivity contribution in [3.63, 3.8) is 0 Å². The summed E-state index contributed by atoms with van der Waals surface area (Å²) in [5.41, 5.74) is 6.51. The molecule has 0 aliphatic carbocycles. The standard InChI is InChI=1S/C13H13FN2O2/c1-17-8-3-4-9(10(14)7-8)11-5-6-12(18-2)13(15)16-11/h3-7H,1-2H3,(H2,15,16). The predicted molar refractivity (Wildman–Crippen MR) is 67.1 cm³/mol. The van der Waals surface area contributed by atoms with E-state index < -0.39 is 5.82 Å². The Bertz CT molecular complexity index is 573. The van der Waals surface area contributed by atoms with Crippen molar-refractivity contribution in [2.75, 3.05) is 20.0 Å². The molecule has 0 spiro atoms. The van der Waals surface area contributed by atoms with Gasteiger partial charge in [0.05, 0.1) is 19.9 Å². The Hall–Kier alpha value is -2.30.